The number of likely N-dealkylation sites (tertiary alicyclic amines) is 2. The Balaban J connectivity index is 1.46. The first-order valence-electron chi connectivity index (χ1n) is 25.1. The highest BCUT2D eigenvalue weighted by Gasteiger charge is 2.42. The maximum Gasteiger partial charge on any atom is 0.326 e. The van der Waals surface area contributed by atoms with Gasteiger partial charge in [0.05, 0.1) is 25.7 Å². The van der Waals surface area contributed by atoms with E-state index in [9.17, 15) is 72.5 Å². The van der Waals surface area contributed by atoms with Crippen LogP contribution in [0.2, 0.25) is 0 Å². The average Bonchev–Trinajstić information content (AvgIpc) is 4.18. The second kappa shape index (κ2) is 29.2. The molecule has 1 aromatic carbocycles. The van der Waals surface area contributed by atoms with Gasteiger partial charge in [-0.05, 0) is 62.5 Å². The van der Waals surface area contributed by atoms with Gasteiger partial charge >= 0.3 is 5.97 Å². The van der Waals surface area contributed by atoms with Gasteiger partial charge in [-0.3, -0.25) is 57.5 Å². The number of carboxylic acids is 1. The number of hydrogen-bond donors (Lipinski definition) is 14. The summed E-state index contributed by atoms with van der Waals surface area (Å²) in [5.41, 5.74) is 22.7. The summed E-state index contributed by atoms with van der Waals surface area (Å²) < 4.78 is 0. The molecule has 77 heavy (non-hydrogen) atoms. The zero-order valence-electron chi connectivity index (χ0n) is 42.8. The van der Waals surface area contributed by atoms with E-state index < -0.39 is 176 Å². The fourth-order valence-electron chi connectivity index (χ4n) is 8.79. The maximum absolute atomic E-state index is 14.2. The van der Waals surface area contributed by atoms with Crippen molar-refractivity contribution in [3.05, 3.63) is 36.0 Å². The number of aromatic amines is 1. The molecule has 29 heteroatoms. The van der Waals surface area contributed by atoms with Crippen LogP contribution in [0.5, 0.6) is 0 Å². The van der Waals surface area contributed by atoms with Crippen LogP contribution < -0.4 is 60.2 Å². The number of aliphatic hydroxyl groups is 1. The second-order valence-corrected chi connectivity index (χ2v) is 19.1. The molecule has 0 saturated carbocycles. The van der Waals surface area contributed by atoms with Crippen LogP contribution in [0.1, 0.15) is 83.6 Å². The van der Waals surface area contributed by atoms with E-state index in [4.69, 9.17) is 22.9 Å². The van der Waals surface area contributed by atoms with Crippen LogP contribution in [0.25, 0.3) is 10.9 Å². The lowest BCUT2D eigenvalue weighted by molar-refractivity contribution is -0.146. The molecule has 0 spiro atoms. The molecule has 4 rings (SSSR count). The Bertz CT molecular complexity index is 2540. The average molecular weight is 1080 g/mol. The fraction of sp³-hybridized carbons (Fsp3) is 0.562. The highest BCUT2D eigenvalue weighted by atomic mass is 16.4. The molecule has 2 aliphatic rings. The van der Waals surface area contributed by atoms with E-state index in [2.05, 4.69) is 42.2 Å². The normalized spacial score (nSPS) is 17.4. The minimum Gasteiger partial charge on any atom is -0.480 e. The van der Waals surface area contributed by atoms with Crippen molar-refractivity contribution in [1.29, 1.82) is 0 Å². The Morgan fingerprint density at radius 1 is 0.649 bits per heavy atom. The number of hydrogen-bond acceptors (Lipinski definition) is 15. The molecular weight excluding hydrogens is 1010 g/mol. The Morgan fingerprint density at radius 3 is 1.79 bits per heavy atom. The first kappa shape index (κ1) is 61.3. The number of carboxylic acid groups (broad SMARTS) is 1. The van der Waals surface area contributed by atoms with Crippen molar-refractivity contribution < 1.29 is 72.5 Å². The van der Waals surface area contributed by atoms with Crippen LogP contribution in [-0.4, -0.2) is 183 Å². The second-order valence-electron chi connectivity index (χ2n) is 19.1. The van der Waals surface area contributed by atoms with Crippen molar-refractivity contribution in [1.82, 2.24) is 52.0 Å². The number of amides is 12. The molecule has 0 unspecified atom stereocenters. The molecule has 422 valence electrons. The number of aliphatic carboxylic acids is 1. The third-order valence-corrected chi connectivity index (χ3v) is 13.0. The topological polar surface area (TPSA) is 473 Å². The maximum atomic E-state index is 14.2. The number of fused-ring (bicyclic) bond motifs is 1. The third-order valence-electron chi connectivity index (χ3n) is 13.0. The third kappa shape index (κ3) is 18.3. The van der Waals surface area contributed by atoms with Gasteiger partial charge < -0.3 is 85.1 Å². The zero-order valence-corrected chi connectivity index (χ0v) is 42.8. The smallest absolute Gasteiger partial charge is 0.326 e. The highest BCUT2D eigenvalue weighted by Crippen LogP contribution is 2.25. The summed E-state index contributed by atoms with van der Waals surface area (Å²) in [6.07, 6.45) is 0.813. The standard InChI is InChI=1S/C48H70N14O15/c1-24(2)40(48(76)77)60-43(71)30(13-16-37(52)66)57-45(73)32(23-63)59-44(72)31(19-25-20-53-28-8-4-3-7-26(25)28)58-42(70)29(12-15-36(51)65)56-38(67)21-54-46(74)33-9-5-18-62(33)47(75)34-10-6-17-61(34)39(68)22-55-41(69)27(49)11-14-35(50)64/h3-4,7-8,20,24,27,29-34,40,53,63H,5-6,9-19,21-23,49H2,1-2H3,(H2,50,64)(H2,51,65)(H2,52,66)(H,54,74)(H,55,69)(H,56,67)(H,57,73)(H,58,70)(H,59,72)(H,60,71)(H,76,77)/t27-,29-,30-,31-,32-,33-,34-,40-/m0/s1. The number of carbonyl (C=O) groups excluding carboxylic acids is 12. The van der Waals surface area contributed by atoms with Gasteiger partial charge in [0.25, 0.3) is 0 Å². The monoisotopic (exact) mass is 1080 g/mol. The van der Waals surface area contributed by atoms with Crippen LogP contribution in [0.3, 0.4) is 0 Å². The SMILES string of the molecule is CC(C)[C@H](NC(=O)[C@H](CCC(N)=O)NC(=O)[C@H](CO)NC(=O)[C@H](Cc1c[nH]c2ccccc12)NC(=O)[C@H](CCC(N)=O)NC(=O)CNC(=O)[C@@H]1CCCN1C(=O)[C@@H]1CCCN1C(=O)CNC(=O)[C@@H](N)CCC(N)=O)C(=O)O. The quantitative estimate of drug-likeness (QED) is 0.0347. The summed E-state index contributed by atoms with van der Waals surface area (Å²) >= 11 is 0. The number of benzene rings is 1. The Labute approximate surface area is 441 Å². The van der Waals surface area contributed by atoms with Crippen molar-refractivity contribution in [3.63, 3.8) is 0 Å². The van der Waals surface area contributed by atoms with Crippen molar-refractivity contribution in [2.24, 2.45) is 28.9 Å². The van der Waals surface area contributed by atoms with Gasteiger partial charge in [-0.1, -0.05) is 32.0 Å². The lowest BCUT2D eigenvalue weighted by atomic mass is 10.0. The van der Waals surface area contributed by atoms with Gasteiger partial charge in [0, 0.05) is 55.9 Å². The molecule has 18 N–H and O–H groups in total. The molecule has 2 aliphatic heterocycles. The lowest BCUT2D eigenvalue weighted by Gasteiger charge is -2.31. The summed E-state index contributed by atoms with van der Waals surface area (Å²) in [5, 5.41) is 37.3. The van der Waals surface area contributed by atoms with Crippen LogP contribution in [0, 0.1) is 5.92 Å². The summed E-state index contributed by atoms with van der Waals surface area (Å²) in [6.45, 7) is 1.13. The zero-order chi connectivity index (χ0) is 57.1. The van der Waals surface area contributed by atoms with Crippen molar-refractivity contribution in [2.45, 2.75) is 133 Å². The minimum absolute atomic E-state index is 0.0332. The van der Waals surface area contributed by atoms with E-state index in [1.807, 2.05) is 0 Å². The summed E-state index contributed by atoms with van der Waals surface area (Å²) in [4.78, 5) is 174. The molecule has 12 amide bonds. The number of aliphatic hydroxyl groups excluding tert-OH is 1. The van der Waals surface area contributed by atoms with Crippen molar-refractivity contribution in [3.8, 4) is 0 Å². The van der Waals surface area contributed by atoms with Crippen LogP contribution in [0.15, 0.2) is 30.5 Å². The molecule has 2 fully saturated rings. The number of carbonyl (C=O) groups is 13. The van der Waals surface area contributed by atoms with Crippen LogP contribution in [0.4, 0.5) is 0 Å². The summed E-state index contributed by atoms with van der Waals surface area (Å²) in [7, 11) is 0. The molecule has 0 bridgehead atoms. The number of rotatable bonds is 30. The van der Waals surface area contributed by atoms with Crippen molar-refractivity contribution >= 4 is 87.8 Å². The van der Waals surface area contributed by atoms with Gasteiger partial charge in [-0.25, -0.2) is 4.79 Å². The largest absolute Gasteiger partial charge is 0.480 e. The van der Waals surface area contributed by atoms with Gasteiger partial charge in [-0.2, -0.15) is 0 Å². The molecule has 0 radical (unpaired) electrons. The number of para-hydroxylation sites is 1. The molecule has 8 atom stereocenters. The molecule has 2 aromatic rings. The predicted molar refractivity (Wildman–Crippen MR) is 270 cm³/mol. The minimum atomic E-state index is -1.81. The van der Waals surface area contributed by atoms with E-state index in [1.54, 1.807) is 30.5 Å². The van der Waals surface area contributed by atoms with Crippen LogP contribution in [-0.2, 0) is 68.7 Å². The van der Waals surface area contributed by atoms with E-state index in [1.165, 1.54) is 23.6 Å². The number of nitrogens with two attached hydrogens (primary N) is 4. The van der Waals surface area contributed by atoms with E-state index in [0.29, 0.717) is 29.3 Å². The lowest BCUT2D eigenvalue weighted by Crippen LogP contribution is -2.60. The predicted octanol–water partition coefficient (Wildman–Crippen LogP) is -5.79. The van der Waals surface area contributed by atoms with Crippen LogP contribution >= 0.6 is 0 Å². The molecule has 29 nitrogen and oxygen atoms in total. The van der Waals surface area contributed by atoms with Gasteiger partial charge in [0.2, 0.25) is 70.9 Å². The Kier molecular flexibility index (Phi) is 23.2. The van der Waals surface area contributed by atoms with E-state index in [-0.39, 0.29) is 45.2 Å². The molecule has 2 saturated heterocycles. The first-order valence-corrected chi connectivity index (χ1v) is 25.1. The van der Waals surface area contributed by atoms with Crippen molar-refractivity contribution in [2.75, 3.05) is 32.8 Å². The van der Waals surface area contributed by atoms with E-state index in [0.717, 1.165) is 0 Å². The number of primary amides is 3. The Morgan fingerprint density at radius 2 is 1.18 bits per heavy atom. The molecule has 0 aliphatic carbocycles. The summed E-state index contributed by atoms with van der Waals surface area (Å²) in [6, 6.07) is -4.08. The van der Waals surface area contributed by atoms with Gasteiger partial charge in [0.15, 0.2) is 0 Å². The highest BCUT2D eigenvalue weighted by molar-refractivity contribution is 5.98. The van der Waals surface area contributed by atoms with Gasteiger partial charge in [-0.15, -0.1) is 0 Å². The number of H-pyrrole nitrogens is 1. The van der Waals surface area contributed by atoms with E-state index >= 15 is 0 Å². The summed E-state index contributed by atoms with van der Waals surface area (Å²) in [5.74, 6) is -12.0. The molecule has 3 heterocycles. The Hall–Kier alpha value is -8.21. The molecular formula is C48H70N14O15. The first-order chi connectivity index (χ1) is 36.4. The number of aromatic nitrogens is 1. The number of nitrogens with one attached hydrogen (secondary N) is 8. The molecule has 1 aromatic heterocycles. The van der Waals surface area contributed by atoms with Gasteiger partial charge in [0.1, 0.15) is 42.3 Å². The fourth-order valence-corrected chi connectivity index (χ4v) is 8.79. The number of nitrogens with zero attached hydrogens (tertiary/aromatic N) is 2.